The molecule has 0 unspecified atom stereocenters. The third-order valence-corrected chi connectivity index (χ3v) is 5.43. The maximum Gasteiger partial charge on any atom is 0.314 e. The molecule has 0 atom stereocenters. The summed E-state index contributed by atoms with van der Waals surface area (Å²) in [6.45, 7) is 1.15. The lowest BCUT2D eigenvalue weighted by atomic mass is 9.73. The number of hydrogen-bond donors (Lipinski definition) is 2. The van der Waals surface area contributed by atoms with Crippen molar-refractivity contribution >= 4 is 11.7 Å². The highest BCUT2D eigenvalue weighted by Crippen LogP contribution is 2.37. The zero-order chi connectivity index (χ0) is 19.6. The van der Waals surface area contributed by atoms with Crippen LogP contribution < -0.4 is 4.90 Å². The molecule has 2 aromatic heterocycles. The molecular formula is C21H20N4O3. The van der Waals surface area contributed by atoms with E-state index < -0.39 is 11.4 Å². The summed E-state index contributed by atoms with van der Waals surface area (Å²) in [7, 11) is 0. The summed E-state index contributed by atoms with van der Waals surface area (Å²) in [5.74, 6) is -0.669. The van der Waals surface area contributed by atoms with Gasteiger partial charge < -0.3 is 15.1 Å². The second kappa shape index (κ2) is 7.26. The van der Waals surface area contributed by atoms with Crippen LogP contribution in [0, 0.1) is 0 Å². The van der Waals surface area contributed by atoms with Gasteiger partial charge in [0.2, 0.25) is 0 Å². The molecule has 0 saturated carbocycles. The molecule has 3 aromatic rings. The van der Waals surface area contributed by atoms with E-state index in [0.717, 1.165) is 11.3 Å². The van der Waals surface area contributed by atoms with Crippen LogP contribution in [0.25, 0.3) is 11.3 Å². The second-order valence-electron chi connectivity index (χ2n) is 6.93. The lowest BCUT2D eigenvalue weighted by Gasteiger charge is -2.40. The molecule has 4 rings (SSSR count). The minimum Gasteiger partial charge on any atom is -0.507 e. The molecule has 0 radical (unpaired) electrons. The standard InChI is InChI=1S/C21H20N4O3/c26-19-6-2-1-5-17(19)18-12-16(14-23-24-18)25-10-7-21(8-11-25,20(27)28)15-4-3-9-22-13-15/h1-6,9,12-14,26H,7-8,10-11H2,(H,27,28). The van der Waals surface area contributed by atoms with Crippen molar-refractivity contribution in [3.8, 4) is 17.0 Å². The van der Waals surface area contributed by atoms with E-state index in [1.165, 1.54) is 0 Å². The van der Waals surface area contributed by atoms with E-state index in [9.17, 15) is 15.0 Å². The fourth-order valence-electron chi connectivity index (χ4n) is 3.77. The number of aliphatic carboxylic acids is 1. The number of pyridine rings is 1. The topological polar surface area (TPSA) is 99.4 Å². The number of piperidine rings is 1. The third-order valence-electron chi connectivity index (χ3n) is 5.43. The van der Waals surface area contributed by atoms with Crippen LogP contribution in [0.3, 0.4) is 0 Å². The van der Waals surface area contributed by atoms with Gasteiger partial charge in [-0.25, -0.2) is 0 Å². The Morgan fingerprint density at radius 3 is 2.54 bits per heavy atom. The molecule has 142 valence electrons. The van der Waals surface area contributed by atoms with Gasteiger partial charge in [-0.1, -0.05) is 18.2 Å². The maximum atomic E-state index is 12.1. The number of rotatable bonds is 4. The monoisotopic (exact) mass is 376 g/mol. The summed E-state index contributed by atoms with van der Waals surface area (Å²) in [6.07, 6.45) is 5.91. The summed E-state index contributed by atoms with van der Waals surface area (Å²) in [5.41, 5.74) is 1.87. The number of benzene rings is 1. The number of para-hydroxylation sites is 1. The summed E-state index contributed by atoms with van der Waals surface area (Å²) in [5, 5.41) is 28.2. The summed E-state index contributed by atoms with van der Waals surface area (Å²) < 4.78 is 0. The Morgan fingerprint density at radius 2 is 1.86 bits per heavy atom. The van der Waals surface area contributed by atoms with E-state index in [0.29, 0.717) is 37.2 Å². The van der Waals surface area contributed by atoms with Gasteiger partial charge in [-0.15, -0.1) is 0 Å². The highest BCUT2D eigenvalue weighted by Gasteiger charge is 2.43. The molecule has 3 heterocycles. The first-order valence-electron chi connectivity index (χ1n) is 9.10. The summed E-state index contributed by atoms with van der Waals surface area (Å²) >= 11 is 0. The molecule has 0 amide bonds. The number of nitrogens with zero attached hydrogens (tertiary/aromatic N) is 4. The van der Waals surface area contributed by atoms with Gasteiger partial charge in [0, 0.05) is 31.0 Å². The Bertz CT molecular complexity index is 986. The minimum absolute atomic E-state index is 0.147. The first kappa shape index (κ1) is 17.9. The van der Waals surface area contributed by atoms with Gasteiger partial charge in [0.1, 0.15) is 5.75 Å². The predicted octanol–water partition coefficient (Wildman–Crippen LogP) is 2.87. The molecule has 2 N–H and O–H groups in total. The maximum absolute atomic E-state index is 12.1. The van der Waals surface area contributed by atoms with Crippen molar-refractivity contribution in [1.82, 2.24) is 15.2 Å². The first-order valence-corrected chi connectivity index (χ1v) is 9.10. The van der Waals surface area contributed by atoms with Crippen LogP contribution in [-0.2, 0) is 10.2 Å². The van der Waals surface area contributed by atoms with E-state index in [1.54, 1.807) is 42.9 Å². The van der Waals surface area contributed by atoms with Crippen LogP contribution >= 0.6 is 0 Å². The Balaban J connectivity index is 1.58. The van der Waals surface area contributed by atoms with Crippen LogP contribution in [0.5, 0.6) is 5.75 Å². The average molecular weight is 376 g/mol. The van der Waals surface area contributed by atoms with Crippen molar-refractivity contribution in [3.05, 3.63) is 66.6 Å². The van der Waals surface area contributed by atoms with Crippen LogP contribution in [0.1, 0.15) is 18.4 Å². The lowest BCUT2D eigenvalue weighted by molar-refractivity contribution is -0.144. The van der Waals surface area contributed by atoms with Gasteiger partial charge in [0.15, 0.2) is 0 Å². The number of carboxylic acids is 1. The van der Waals surface area contributed by atoms with Gasteiger partial charge in [-0.3, -0.25) is 9.78 Å². The molecule has 0 spiro atoms. The van der Waals surface area contributed by atoms with Crippen LogP contribution in [0.15, 0.2) is 61.1 Å². The summed E-state index contributed by atoms with van der Waals surface area (Å²) in [4.78, 5) is 18.3. The fourth-order valence-corrected chi connectivity index (χ4v) is 3.77. The Morgan fingerprint density at radius 1 is 1.07 bits per heavy atom. The SMILES string of the molecule is O=C(O)C1(c2cccnc2)CCN(c2cnnc(-c3ccccc3O)c2)CC1. The van der Waals surface area contributed by atoms with Crippen molar-refractivity contribution in [2.24, 2.45) is 0 Å². The molecule has 0 bridgehead atoms. The zero-order valence-corrected chi connectivity index (χ0v) is 15.2. The number of carbonyl (C=O) groups is 1. The van der Waals surface area contributed by atoms with Gasteiger partial charge >= 0.3 is 5.97 Å². The first-order chi connectivity index (χ1) is 13.6. The highest BCUT2D eigenvalue weighted by atomic mass is 16.4. The predicted molar refractivity (Wildman–Crippen MR) is 104 cm³/mol. The second-order valence-corrected chi connectivity index (χ2v) is 6.93. The quantitative estimate of drug-likeness (QED) is 0.722. The fraction of sp³-hybridized carbons (Fsp3) is 0.238. The molecular weight excluding hydrogens is 356 g/mol. The van der Waals surface area contributed by atoms with E-state index >= 15 is 0 Å². The van der Waals surface area contributed by atoms with E-state index in [-0.39, 0.29) is 5.75 Å². The molecule has 1 saturated heterocycles. The lowest BCUT2D eigenvalue weighted by Crippen LogP contribution is -2.47. The zero-order valence-electron chi connectivity index (χ0n) is 15.2. The minimum atomic E-state index is -0.925. The van der Waals surface area contributed by atoms with E-state index in [4.69, 9.17) is 0 Å². The average Bonchev–Trinajstić information content (AvgIpc) is 2.75. The molecule has 1 aromatic carbocycles. The Kier molecular flexibility index (Phi) is 4.65. The van der Waals surface area contributed by atoms with Crippen molar-refractivity contribution in [2.75, 3.05) is 18.0 Å². The molecule has 1 aliphatic heterocycles. The normalized spacial score (nSPS) is 15.9. The number of anilines is 1. The Hall–Kier alpha value is -3.48. The van der Waals surface area contributed by atoms with Crippen molar-refractivity contribution in [2.45, 2.75) is 18.3 Å². The number of phenolic OH excluding ortho intramolecular Hbond substituents is 1. The van der Waals surface area contributed by atoms with Crippen LogP contribution in [0.2, 0.25) is 0 Å². The van der Waals surface area contributed by atoms with E-state index in [1.807, 2.05) is 18.2 Å². The summed E-state index contributed by atoms with van der Waals surface area (Å²) in [6, 6.07) is 12.5. The smallest absolute Gasteiger partial charge is 0.314 e. The van der Waals surface area contributed by atoms with Crippen molar-refractivity contribution < 1.29 is 15.0 Å². The van der Waals surface area contributed by atoms with Crippen LogP contribution in [0.4, 0.5) is 5.69 Å². The molecule has 1 fully saturated rings. The van der Waals surface area contributed by atoms with Gasteiger partial charge in [-0.05, 0) is 42.7 Å². The van der Waals surface area contributed by atoms with Gasteiger partial charge in [-0.2, -0.15) is 10.2 Å². The molecule has 7 heteroatoms. The van der Waals surface area contributed by atoms with Crippen LogP contribution in [-0.4, -0.2) is 44.5 Å². The van der Waals surface area contributed by atoms with Gasteiger partial charge in [0.25, 0.3) is 0 Å². The van der Waals surface area contributed by atoms with Crippen molar-refractivity contribution in [1.29, 1.82) is 0 Å². The van der Waals surface area contributed by atoms with E-state index in [2.05, 4.69) is 20.1 Å². The third kappa shape index (κ3) is 3.15. The largest absolute Gasteiger partial charge is 0.507 e. The highest BCUT2D eigenvalue weighted by molar-refractivity contribution is 5.82. The number of hydrogen-bond acceptors (Lipinski definition) is 6. The molecule has 7 nitrogen and oxygen atoms in total. The number of phenols is 1. The number of aromatic hydroxyl groups is 1. The number of aromatic nitrogens is 3. The molecule has 0 aliphatic carbocycles. The molecule has 1 aliphatic rings. The Labute approximate surface area is 162 Å². The number of carboxylic acid groups (broad SMARTS) is 1. The van der Waals surface area contributed by atoms with Gasteiger partial charge in [0.05, 0.1) is 23.0 Å². The van der Waals surface area contributed by atoms with Crippen molar-refractivity contribution in [3.63, 3.8) is 0 Å². The molecule has 28 heavy (non-hydrogen) atoms.